The number of hydrogen-bond acceptors (Lipinski definition) is 4. The Kier molecular flexibility index (Phi) is 6.57. The molecule has 148 valence electrons. The summed E-state index contributed by atoms with van der Waals surface area (Å²) >= 11 is 6.01. The van der Waals surface area contributed by atoms with E-state index in [-0.39, 0.29) is 10.8 Å². The molecule has 0 bridgehead atoms. The minimum atomic E-state index is -2.94. The summed E-state index contributed by atoms with van der Waals surface area (Å²) in [4.78, 5) is 8.80. The largest absolute Gasteiger partial charge is 0.435 e. The van der Waals surface area contributed by atoms with Crippen molar-refractivity contribution in [3.63, 3.8) is 0 Å². The summed E-state index contributed by atoms with van der Waals surface area (Å²) < 4.78 is 29.4. The maximum atomic E-state index is 12.5. The van der Waals surface area contributed by atoms with Gasteiger partial charge in [0.05, 0.1) is 5.69 Å². The zero-order valence-electron chi connectivity index (χ0n) is 15.6. The molecular formula is C22H18ClF2N3O. The van der Waals surface area contributed by atoms with Crippen LogP contribution in [0.2, 0.25) is 5.02 Å². The first-order valence-electron chi connectivity index (χ1n) is 8.69. The topological polar surface area (TPSA) is 46.5 Å². The van der Waals surface area contributed by atoms with E-state index in [9.17, 15) is 8.78 Å². The minimum Gasteiger partial charge on any atom is -0.435 e. The van der Waals surface area contributed by atoms with Crippen molar-refractivity contribution >= 4 is 34.4 Å². The van der Waals surface area contributed by atoms with Gasteiger partial charge in [-0.15, -0.1) is 0 Å². The number of pyridine rings is 1. The second-order valence-electron chi connectivity index (χ2n) is 6.11. The minimum absolute atomic E-state index is 0.0403. The first kappa shape index (κ1) is 20.5. The summed E-state index contributed by atoms with van der Waals surface area (Å²) in [5.41, 5.74) is 4.18. The van der Waals surface area contributed by atoms with E-state index in [0.29, 0.717) is 17.1 Å². The van der Waals surface area contributed by atoms with E-state index in [4.69, 9.17) is 16.6 Å². The normalized spacial score (nSPS) is 11.4. The van der Waals surface area contributed by atoms with Gasteiger partial charge < -0.3 is 10.1 Å². The monoisotopic (exact) mass is 413 g/mol. The highest BCUT2D eigenvalue weighted by Crippen LogP contribution is 2.30. The van der Waals surface area contributed by atoms with Crippen molar-refractivity contribution in [3.8, 4) is 5.75 Å². The quantitative estimate of drug-likeness (QED) is 0.446. The van der Waals surface area contributed by atoms with Crippen molar-refractivity contribution in [1.82, 2.24) is 4.98 Å². The third-order valence-electron chi connectivity index (χ3n) is 3.99. The number of nitrogens with one attached hydrogen (secondary N) is 1. The Morgan fingerprint density at radius 1 is 1.17 bits per heavy atom. The first-order valence-corrected chi connectivity index (χ1v) is 9.06. The molecule has 1 aromatic heterocycles. The standard InChI is InChI=1S/C22H18ClF2N3O/c1-14(16-6-5-9-26-13-16)28-21-8-4-3-7-20(21)15(2)27-18-10-17(23)11-19(12-18)29-22(24)25/h3-13,22,27H,2H2,1H3. The molecule has 7 heteroatoms. The second kappa shape index (κ2) is 9.30. The number of aliphatic imine (C=N–C) groups is 1. The van der Waals surface area contributed by atoms with E-state index in [0.717, 1.165) is 16.8 Å². The molecule has 0 aliphatic rings. The van der Waals surface area contributed by atoms with E-state index >= 15 is 0 Å². The van der Waals surface area contributed by atoms with Crippen molar-refractivity contribution in [1.29, 1.82) is 0 Å². The lowest BCUT2D eigenvalue weighted by atomic mass is 10.1. The molecule has 2 aromatic carbocycles. The van der Waals surface area contributed by atoms with Crippen LogP contribution < -0.4 is 10.1 Å². The number of halogens is 3. The average molecular weight is 414 g/mol. The number of nitrogens with zero attached hydrogens (tertiary/aromatic N) is 2. The average Bonchev–Trinajstić information content (AvgIpc) is 2.68. The molecule has 3 rings (SSSR count). The first-order chi connectivity index (χ1) is 13.9. The molecule has 0 aliphatic heterocycles. The van der Waals surface area contributed by atoms with Crippen LogP contribution in [0, 0.1) is 0 Å². The van der Waals surface area contributed by atoms with Gasteiger partial charge in [0, 0.05) is 51.7 Å². The highest BCUT2D eigenvalue weighted by molar-refractivity contribution is 6.31. The lowest BCUT2D eigenvalue weighted by molar-refractivity contribution is -0.0497. The lowest BCUT2D eigenvalue weighted by Crippen LogP contribution is -2.03. The molecule has 29 heavy (non-hydrogen) atoms. The Bertz CT molecular complexity index is 1040. The number of aromatic nitrogens is 1. The number of benzene rings is 2. The molecule has 0 radical (unpaired) electrons. The summed E-state index contributed by atoms with van der Waals surface area (Å²) in [6, 6.07) is 15.6. The van der Waals surface area contributed by atoms with Crippen LogP contribution in [0.4, 0.5) is 20.2 Å². The van der Waals surface area contributed by atoms with E-state index in [1.54, 1.807) is 18.5 Å². The van der Waals surface area contributed by atoms with Gasteiger partial charge in [-0.2, -0.15) is 8.78 Å². The third kappa shape index (κ3) is 5.62. The molecule has 0 fully saturated rings. The Labute approximate surface area is 172 Å². The summed E-state index contributed by atoms with van der Waals surface area (Å²) in [5, 5.41) is 3.34. The maximum absolute atomic E-state index is 12.5. The summed E-state index contributed by atoms with van der Waals surface area (Å²) in [7, 11) is 0. The van der Waals surface area contributed by atoms with Crippen LogP contribution in [0.15, 0.2) is 78.6 Å². The van der Waals surface area contributed by atoms with Crippen LogP contribution in [-0.4, -0.2) is 17.3 Å². The van der Waals surface area contributed by atoms with Crippen molar-refractivity contribution in [2.45, 2.75) is 13.5 Å². The van der Waals surface area contributed by atoms with Gasteiger partial charge >= 0.3 is 6.61 Å². The zero-order valence-corrected chi connectivity index (χ0v) is 16.3. The Morgan fingerprint density at radius 3 is 2.69 bits per heavy atom. The molecule has 0 atom stereocenters. The number of para-hydroxylation sites is 1. The van der Waals surface area contributed by atoms with E-state index in [1.807, 2.05) is 43.3 Å². The molecule has 0 amide bonds. The van der Waals surface area contributed by atoms with Crippen LogP contribution >= 0.6 is 11.6 Å². The smallest absolute Gasteiger partial charge is 0.387 e. The lowest BCUT2D eigenvalue weighted by Gasteiger charge is -2.14. The van der Waals surface area contributed by atoms with Crippen LogP contribution in [0.3, 0.4) is 0 Å². The molecule has 0 saturated carbocycles. The molecule has 0 saturated heterocycles. The van der Waals surface area contributed by atoms with Gasteiger partial charge in [0.2, 0.25) is 0 Å². The predicted octanol–water partition coefficient (Wildman–Crippen LogP) is 6.56. The van der Waals surface area contributed by atoms with Crippen molar-refractivity contribution < 1.29 is 13.5 Å². The molecule has 1 heterocycles. The van der Waals surface area contributed by atoms with Gasteiger partial charge in [-0.1, -0.05) is 42.4 Å². The van der Waals surface area contributed by atoms with Gasteiger partial charge in [0.15, 0.2) is 0 Å². The molecule has 4 nitrogen and oxygen atoms in total. The fourth-order valence-electron chi connectivity index (χ4n) is 2.70. The van der Waals surface area contributed by atoms with Crippen molar-refractivity contribution in [2.24, 2.45) is 4.99 Å². The van der Waals surface area contributed by atoms with Gasteiger partial charge in [-0.3, -0.25) is 9.98 Å². The number of rotatable bonds is 7. The summed E-state index contributed by atoms with van der Waals surface area (Å²) in [6.45, 7) is 3.02. The SMILES string of the molecule is C=C(Nc1cc(Cl)cc(OC(F)F)c1)c1ccccc1N=C(C)c1cccnc1. The second-order valence-corrected chi connectivity index (χ2v) is 6.55. The van der Waals surface area contributed by atoms with Crippen LogP contribution in [0.1, 0.15) is 18.1 Å². The van der Waals surface area contributed by atoms with Gasteiger partial charge in [0.1, 0.15) is 5.75 Å². The van der Waals surface area contributed by atoms with Crippen LogP contribution in [0.5, 0.6) is 5.75 Å². The van der Waals surface area contributed by atoms with E-state index in [1.165, 1.54) is 12.1 Å². The molecular weight excluding hydrogens is 396 g/mol. The molecule has 0 aliphatic carbocycles. The number of hydrogen-bond donors (Lipinski definition) is 1. The Balaban J connectivity index is 1.87. The predicted molar refractivity (Wildman–Crippen MR) is 113 cm³/mol. The molecule has 3 aromatic rings. The fourth-order valence-corrected chi connectivity index (χ4v) is 2.92. The van der Waals surface area contributed by atoms with Gasteiger partial charge in [0.25, 0.3) is 0 Å². The summed E-state index contributed by atoms with van der Waals surface area (Å²) in [6.07, 6.45) is 3.44. The van der Waals surface area contributed by atoms with Crippen molar-refractivity contribution in [3.05, 3.63) is 89.7 Å². The van der Waals surface area contributed by atoms with Crippen LogP contribution in [-0.2, 0) is 0 Å². The van der Waals surface area contributed by atoms with Crippen molar-refractivity contribution in [2.75, 3.05) is 5.32 Å². The Morgan fingerprint density at radius 2 is 1.97 bits per heavy atom. The zero-order chi connectivity index (χ0) is 20.8. The third-order valence-corrected chi connectivity index (χ3v) is 4.21. The highest BCUT2D eigenvalue weighted by atomic mass is 35.5. The number of alkyl halides is 2. The van der Waals surface area contributed by atoms with E-state index < -0.39 is 6.61 Å². The molecule has 0 spiro atoms. The fraction of sp³-hybridized carbons (Fsp3) is 0.0909. The van der Waals surface area contributed by atoms with Crippen LogP contribution in [0.25, 0.3) is 5.70 Å². The highest BCUT2D eigenvalue weighted by Gasteiger charge is 2.10. The molecule has 0 unspecified atom stereocenters. The number of anilines is 1. The Hall–Kier alpha value is -3.25. The maximum Gasteiger partial charge on any atom is 0.387 e. The number of ether oxygens (including phenoxy) is 1. The van der Waals surface area contributed by atoms with Gasteiger partial charge in [-0.05, 0) is 31.2 Å². The molecule has 1 N–H and O–H groups in total. The summed E-state index contributed by atoms with van der Waals surface area (Å²) in [5.74, 6) is -0.0403. The van der Waals surface area contributed by atoms with Gasteiger partial charge in [-0.25, -0.2) is 0 Å². The van der Waals surface area contributed by atoms with E-state index in [2.05, 4.69) is 21.6 Å².